The van der Waals surface area contributed by atoms with Crippen LogP contribution in [0.3, 0.4) is 0 Å². The first-order chi connectivity index (χ1) is 21.6. The Bertz CT molecular complexity index is 1590. The topological polar surface area (TPSA) is 124 Å². The number of sulfonamides is 1. The molecule has 0 unspecified atom stereocenters. The molecular weight excluding hydrogens is 616 g/mol. The summed E-state index contributed by atoms with van der Waals surface area (Å²) in [5.74, 6) is 1.81. The second kappa shape index (κ2) is 14.3. The molecule has 2 aliphatic heterocycles. The molecule has 3 heterocycles. The quantitative estimate of drug-likeness (QED) is 0.270. The second-order valence-corrected chi connectivity index (χ2v) is 13.7. The standard InChI is InChI=1S/C31H43ClN8O4S/c1-6-21-17-26(29(44-4)19-27(21)40-13-9-22(10-14-40)39-15-11-33-12-16-39)36-31-34-20-24(32)30(37-31)35-25-8-7-23(43-3)18-28(25)38(2)45(5,41)42/h7-8,17-20,22,33H,6,9-16H2,1-5H3,(H2,34,35,36,37). The summed E-state index contributed by atoms with van der Waals surface area (Å²) in [7, 11) is 1.10. The van der Waals surface area contributed by atoms with Crippen LogP contribution in [0.25, 0.3) is 0 Å². The Labute approximate surface area is 271 Å². The Morgan fingerprint density at radius 2 is 1.78 bits per heavy atom. The van der Waals surface area contributed by atoms with Gasteiger partial charge < -0.3 is 30.3 Å². The minimum atomic E-state index is -3.55. The van der Waals surface area contributed by atoms with Gasteiger partial charge in [-0.15, -0.1) is 0 Å². The molecule has 45 heavy (non-hydrogen) atoms. The summed E-state index contributed by atoms with van der Waals surface area (Å²) in [4.78, 5) is 14.1. The van der Waals surface area contributed by atoms with Crippen LogP contribution in [0.15, 0.2) is 36.5 Å². The summed E-state index contributed by atoms with van der Waals surface area (Å²) in [6, 6.07) is 9.91. The van der Waals surface area contributed by atoms with E-state index in [9.17, 15) is 8.42 Å². The lowest BCUT2D eigenvalue weighted by Gasteiger charge is -2.41. The summed E-state index contributed by atoms with van der Waals surface area (Å²) in [5.41, 5.74) is 4.00. The van der Waals surface area contributed by atoms with Gasteiger partial charge >= 0.3 is 0 Å². The molecule has 12 nitrogen and oxygen atoms in total. The molecule has 0 aliphatic carbocycles. The number of hydrogen-bond acceptors (Lipinski definition) is 11. The van der Waals surface area contributed by atoms with Crippen molar-refractivity contribution < 1.29 is 17.9 Å². The first kappa shape index (κ1) is 32.9. The highest BCUT2D eigenvalue weighted by molar-refractivity contribution is 7.92. The Balaban J connectivity index is 1.37. The maximum Gasteiger partial charge on any atom is 0.232 e. The fourth-order valence-corrected chi connectivity index (χ4v) is 6.57. The van der Waals surface area contributed by atoms with Gasteiger partial charge in [0.1, 0.15) is 16.5 Å². The van der Waals surface area contributed by atoms with Crippen LogP contribution in [-0.4, -0.2) is 96.1 Å². The first-order valence-electron chi connectivity index (χ1n) is 15.2. The molecule has 0 spiro atoms. The lowest BCUT2D eigenvalue weighted by molar-refractivity contribution is 0.150. The molecule has 3 aromatic rings. The Kier molecular flexibility index (Phi) is 10.4. The van der Waals surface area contributed by atoms with Gasteiger partial charge in [-0.2, -0.15) is 4.98 Å². The van der Waals surface area contributed by atoms with Crippen LogP contribution in [0.5, 0.6) is 11.5 Å². The van der Waals surface area contributed by atoms with Gasteiger partial charge in [-0.3, -0.25) is 9.21 Å². The maximum atomic E-state index is 12.4. The molecular formula is C31H43ClN8O4S. The molecule has 14 heteroatoms. The van der Waals surface area contributed by atoms with Crippen LogP contribution in [0.4, 0.5) is 34.5 Å². The number of piperidine rings is 1. The minimum Gasteiger partial charge on any atom is -0.497 e. The number of ether oxygens (including phenoxy) is 2. The molecule has 3 N–H and O–H groups in total. The van der Waals surface area contributed by atoms with Gasteiger partial charge in [0.05, 0.1) is 43.7 Å². The van der Waals surface area contributed by atoms with Crippen LogP contribution in [0, 0.1) is 0 Å². The summed E-state index contributed by atoms with van der Waals surface area (Å²) in [5, 5.41) is 10.2. The third-order valence-electron chi connectivity index (χ3n) is 8.54. The van der Waals surface area contributed by atoms with E-state index in [1.54, 1.807) is 25.3 Å². The molecule has 0 amide bonds. The SMILES string of the molecule is CCc1cc(Nc2ncc(Cl)c(Nc3ccc(OC)cc3N(C)S(C)(=O)=O)n2)c(OC)cc1N1CCC(N2CCNCC2)CC1. The largest absolute Gasteiger partial charge is 0.497 e. The van der Waals surface area contributed by atoms with Crippen molar-refractivity contribution in [3.05, 3.63) is 47.1 Å². The van der Waals surface area contributed by atoms with Crippen LogP contribution in [-0.2, 0) is 16.4 Å². The Hall–Kier alpha value is -3.52. The molecule has 0 saturated carbocycles. The highest BCUT2D eigenvalue weighted by atomic mass is 35.5. The number of piperazine rings is 1. The van der Waals surface area contributed by atoms with Crippen molar-refractivity contribution >= 4 is 56.1 Å². The van der Waals surface area contributed by atoms with E-state index in [-0.39, 0.29) is 5.02 Å². The Morgan fingerprint density at radius 3 is 2.42 bits per heavy atom. The molecule has 0 bridgehead atoms. The van der Waals surface area contributed by atoms with Crippen LogP contribution in [0.2, 0.25) is 5.02 Å². The molecule has 2 fully saturated rings. The van der Waals surface area contributed by atoms with Gasteiger partial charge in [0.2, 0.25) is 16.0 Å². The third-order valence-corrected chi connectivity index (χ3v) is 10.0. The lowest BCUT2D eigenvalue weighted by atomic mass is 9.99. The number of benzene rings is 2. The van der Waals surface area contributed by atoms with E-state index in [1.165, 1.54) is 35.9 Å². The van der Waals surface area contributed by atoms with E-state index < -0.39 is 10.0 Å². The zero-order chi connectivity index (χ0) is 32.1. The third kappa shape index (κ3) is 7.66. The fourth-order valence-electron chi connectivity index (χ4n) is 5.92. The number of halogens is 1. The van der Waals surface area contributed by atoms with E-state index in [1.807, 2.05) is 0 Å². The molecule has 2 aromatic carbocycles. The summed E-state index contributed by atoms with van der Waals surface area (Å²) < 4.78 is 37.0. The highest BCUT2D eigenvalue weighted by Crippen LogP contribution is 2.38. The van der Waals surface area contributed by atoms with Crippen molar-refractivity contribution in [2.45, 2.75) is 32.2 Å². The van der Waals surface area contributed by atoms with Gasteiger partial charge in [-0.05, 0) is 43.0 Å². The maximum absolute atomic E-state index is 12.4. The van der Waals surface area contributed by atoms with Crippen molar-refractivity contribution in [1.82, 2.24) is 20.2 Å². The number of methoxy groups -OCH3 is 2. The Morgan fingerprint density at radius 1 is 1.04 bits per heavy atom. The normalized spacial score (nSPS) is 16.4. The van der Waals surface area contributed by atoms with Crippen molar-refractivity contribution in [2.75, 3.05) is 86.6 Å². The fraction of sp³-hybridized carbons (Fsp3) is 0.484. The van der Waals surface area contributed by atoms with Gasteiger partial charge in [0, 0.05) is 70.2 Å². The monoisotopic (exact) mass is 658 g/mol. The summed E-state index contributed by atoms with van der Waals surface area (Å²) in [6.07, 6.45) is 5.78. The lowest BCUT2D eigenvalue weighted by Crippen LogP contribution is -2.52. The van der Waals surface area contributed by atoms with Gasteiger partial charge in [-0.1, -0.05) is 18.5 Å². The predicted molar refractivity (Wildman–Crippen MR) is 182 cm³/mol. The molecule has 2 aliphatic rings. The minimum absolute atomic E-state index is 0.269. The van der Waals surface area contributed by atoms with E-state index in [2.05, 4.69) is 54.8 Å². The predicted octanol–water partition coefficient (Wildman–Crippen LogP) is 4.47. The summed E-state index contributed by atoms with van der Waals surface area (Å²) in [6.45, 7) is 8.57. The second-order valence-electron chi connectivity index (χ2n) is 11.3. The number of aromatic nitrogens is 2. The molecule has 244 valence electrons. The van der Waals surface area contributed by atoms with E-state index in [0.29, 0.717) is 40.7 Å². The number of rotatable bonds is 11. The molecule has 2 saturated heterocycles. The molecule has 1 aromatic heterocycles. The number of aryl methyl sites for hydroxylation is 1. The van der Waals surface area contributed by atoms with Crippen LogP contribution in [0.1, 0.15) is 25.3 Å². The van der Waals surface area contributed by atoms with E-state index in [0.717, 1.165) is 70.5 Å². The zero-order valence-electron chi connectivity index (χ0n) is 26.6. The van der Waals surface area contributed by atoms with Crippen molar-refractivity contribution in [1.29, 1.82) is 0 Å². The molecule has 0 radical (unpaired) electrons. The zero-order valence-corrected chi connectivity index (χ0v) is 28.1. The number of anilines is 6. The first-order valence-corrected chi connectivity index (χ1v) is 17.4. The molecule has 0 atom stereocenters. The smallest absolute Gasteiger partial charge is 0.232 e. The van der Waals surface area contributed by atoms with Gasteiger partial charge in [0.15, 0.2) is 5.82 Å². The van der Waals surface area contributed by atoms with E-state index in [4.69, 9.17) is 21.1 Å². The van der Waals surface area contributed by atoms with Crippen LogP contribution >= 0.6 is 11.6 Å². The summed E-state index contributed by atoms with van der Waals surface area (Å²) >= 11 is 6.49. The van der Waals surface area contributed by atoms with Crippen molar-refractivity contribution in [3.63, 3.8) is 0 Å². The van der Waals surface area contributed by atoms with Crippen LogP contribution < -0.4 is 34.6 Å². The number of hydrogen-bond donors (Lipinski definition) is 3. The average molecular weight is 659 g/mol. The molecule has 5 rings (SSSR count). The average Bonchev–Trinajstić information content (AvgIpc) is 3.06. The van der Waals surface area contributed by atoms with Crippen molar-refractivity contribution in [2.24, 2.45) is 0 Å². The highest BCUT2D eigenvalue weighted by Gasteiger charge is 2.27. The van der Waals surface area contributed by atoms with Gasteiger partial charge in [0.25, 0.3) is 0 Å². The van der Waals surface area contributed by atoms with E-state index >= 15 is 0 Å². The number of nitrogens with zero attached hydrogens (tertiary/aromatic N) is 5. The number of nitrogens with one attached hydrogen (secondary N) is 3. The van der Waals surface area contributed by atoms with Crippen molar-refractivity contribution in [3.8, 4) is 11.5 Å². The van der Waals surface area contributed by atoms with Gasteiger partial charge in [-0.25, -0.2) is 13.4 Å².